The maximum absolute atomic E-state index is 6.23. The van der Waals surface area contributed by atoms with Gasteiger partial charge in [-0.2, -0.15) is 9.97 Å². The van der Waals surface area contributed by atoms with Crippen LogP contribution in [0.15, 0.2) is 24.5 Å². The Morgan fingerprint density at radius 3 is 2.64 bits per heavy atom. The summed E-state index contributed by atoms with van der Waals surface area (Å²) in [5, 5.41) is 3.46. The first-order valence-corrected chi connectivity index (χ1v) is 7.27. The van der Waals surface area contributed by atoms with E-state index in [2.05, 4.69) is 20.3 Å². The summed E-state index contributed by atoms with van der Waals surface area (Å²) in [6.07, 6.45) is 3.39. The van der Waals surface area contributed by atoms with E-state index in [-0.39, 0.29) is 5.15 Å². The molecule has 8 heteroatoms. The van der Waals surface area contributed by atoms with E-state index in [4.69, 9.17) is 21.1 Å². The lowest BCUT2D eigenvalue weighted by Gasteiger charge is -2.27. The zero-order valence-corrected chi connectivity index (χ0v) is 12.9. The summed E-state index contributed by atoms with van der Waals surface area (Å²) in [5.41, 5.74) is 0.844. The van der Waals surface area contributed by atoms with Crippen LogP contribution >= 0.6 is 11.6 Å². The molecule has 2 aromatic heterocycles. The largest absolute Gasteiger partial charge is 0.490 e. The van der Waals surface area contributed by atoms with E-state index in [1.54, 1.807) is 12.4 Å². The van der Waals surface area contributed by atoms with Crippen molar-refractivity contribution >= 4 is 29.1 Å². The quantitative estimate of drug-likeness (QED) is 0.865. The van der Waals surface area contributed by atoms with E-state index >= 15 is 0 Å². The van der Waals surface area contributed by atoms with Gasteiger partial charge >= 0.3 is 0 Å². The van der Waals surface area contributed by atoms with Crippen LogP contribution in [0, 0.1) is 0 Å². The molecule has 1 aliphatic rings. The monoisotopic (exact) mass is 321 g/mol. The average Bonchev–Trinajstić information content (AvgIpc) is 2.56. The summed E-state index contributed by atoms with van der Waals surface area (Å²) in [5.74, 6) is 1.50. The minimum absolute atomic E-state index is 0.274. The highest BCUT2D eigenvalue weighted by atomic mass is 35.5. The van der Waals surface area contributed by atoms with Crippen LogP contribution in [0.25, 0.3) is 0 Å². The Labute approximate surface area is 133 Å². The predicted octanol–water partition coefficient (Wildman–Crippen LogP) is 2.11. The Hall–Kier alpha value is -2.12. The van der Waals surface area contributed by atoms with Gasteiger partial charge in [0.2, 0.25) is 5.95 Å². The van der Waals surface area contributed by atoms with Gasteiger partial charge in [0.05, 0.1) is 20.3 Å². The van der Waals surface area contributed by atoms with Crippen LogP contribution in [0.2, 0.25) is 5.15 Å². The molecule has 0 saturated carbocycles. The average molecular weight is 322 g/mol. The van der Waals surface area contributed by atoms with E-state index in [1.807, 2.05) is 17.0 Å². The molecule has 0 aromatic carbocycles. The van der Waals surface area contributed by atoms with Crippen LogP contribution in [-0.4, -0.2) is 48.4 Å². The first-order chi connectivity index (χ1) is 10.8. The van der Waals surface area contributed by atoms with Gasteiger partial charge in [-0.3, -0.25) is 4.98 Å². The van der Waals surface area contributed by atoms with Crippen molar-refractivity contribution in [2.24, 2.45) is 0 Å². The molecule has 0 aliphatic carbocycles. The Balaban J connectivity index is 1.93. The number of rotatable bonds is 4. The van der Waals surface area contributed by atoms with Crippen molar-refractivity contribution in [2.45, 2.75) is 0 Å². The summed E-state index contributed by atoms with van der Waals surface area (Å²) < 4.78 is 10.7. The molecule has 22 heavy (non-hydrogen) atoms. The molecule has 3 heterocycles. The van der Waals surface area contributed by atoms with E-state index < -0.39 is 0 Å². The molecule has 1 fully saturated rings. The minimum atomic E-state index is 0.274. The number of morpholine rings is 1. The SMILES string of the molecule is COc1c(Cl)nc(N2CCOCC2)nc1Nc1ccncc1. The van der Waals surface area contributed by atoms with Crippen molar-refractivity contribution in [2.75, 3.05) is 43.6 Å². The molecule has 2 aromatic rings. The molecular weight excluding hydrogens is 306 g/mol. The third-order valence-electron chi connectivity index (χ3n) is 3.25. The molecule has 0 spiro atoms. The molecule has 1 aliphatic heterocycles. The lowest BCUT2D eigenvalue weighted by atomic mass is 10.4. The number of hydrogen-bond donors (Lipinski definition) is 1. The summed E-state index contributed by atoms with van der Waals surface area (Å²) >= 11 is 6.23. The predicted molar refractivity (Wildman–Crippen MR) is 84.1 cm³/mol. The highest BCUT2D eigenvalue weighted by molar-refractivity contribution is 6.31. The Morgan fingerprint density at radius 1 is 1.23 bits per heavy atom. The van der Waals surface area contributed by atoms with Crippen LogP contribution in [0.1, 0.15) is 0 Å². The van der Waals surface area contributed by atoms with E-state index in [0.29, 0.717) is 30.7 Å². The fraction of sp³-hybridized carbons (Fsp3) is 0.357. The number of methoxy groups -OCH3 is 1. The number of hydrogen-bond acceptors (Lipinski definition) is 7. The molecule has 1 saturated heterocycles. The van der Waals surface area contributed by atoms with Gasteiger partial charge in [0.1, 0.15) is 0 Å². The summed E-state index contributed by atoms with van der Waals surface area (Å²) in [7, 11) is 1.54. The first kappa shape index (κ1) is 14.8. The lowest BCUT2D eigenvalue weighted by Crippen LogP contribution is -2.37. The highest BCUT2D eigenvalue weighted by Gasteiger charge is 2.19. The summed E-state index contributed by atoms with van der Waals surface area (Å²) in [4.78, 5) is 14.9. The van der Waals surface area contributed by atoms with Gasteiger partial charge in [0.15, 0.2) is 16.7 Å². The second-order valence-electron chi connectivity index (χ2n) is 4.66. The van der Waals surface area contributed by atoms with Crippen LogP contribution in [0.5, 0.6) is 5.75 Å². The molecule has 0 amide bonds. The van der Waals surface area contributed by atoms with Gasteiger partial charge in [-0.1, -0.05) is 11.6 Å². The number of nitrogens with one attached hydrogen (secondary N) is 1. The second kappa shape index (κ2) is 6.76. The molecule has 0 unspecified atom stereocenters. The second-order valence-corrected chi connectivity index (χ2v) is 5.01. The topological polar surface area (TPSA) is 72.4 Å². The molecule has 116 valence electrons. The molecule has 7 nitrogen and oxygen atoms in total. The van der Waals surface area contributed by atoms with E-state index in [9.17, 15) is 0 Å². The molecule has 3 rings (SSSR count). The van der Waals surface area contributed by atoms with Crippen molar-refractivity contribution in [1.82, 2.24) is 15.0 Å². The van der Waals surface area contributed by atoms with Gasteiger partial charge in [-0.15, -0.1) is 0 Å². The normalized spacial score (nSPS) is 14.7. The summed E-state index contributed by atoms with van der Waals surface area (Å²) in [6.45, 7) is 2.77. The number of aromatic nitrogens is 3. The van der Waals surface area contributed by atoms with Gasteiger partial charge in [-0.25, -0.2) is 0 Å². The maximum atomic E-state index is 6.23. The molecule has 0 radical (unpaired) electrons. The Bertz CT molecular complexity index is 635. The first-order valence-electron chi connectivity index (χ1n) is 6.89. The minimum Gasteiger partial charge on any atom is -0.490 e. The van der Waals surface area contributed by atoms with Crippen molar-refractivity contribution in [3.05, 3.63) is 29.7 Å². The standard InChI is InChI=1S/C14H16ClN5O2/c1-21-11-12(15)18-14(20-6-8-22-9-7-20)19-13(11)17-10-2-4-16-5-3-10/h2-5H,6-9H2,1H3,(H,16,17,18,19). The number of halogens is 1. The van der Waals surface area contributed by atoms with Gasteiger partial charge < -0.3 is 19.7 Å². The molecule has 0 bridgehead atoms. The Kier molecular flexibility index (Phi) is 4.55. The van der Waals surface area contributed by atoms with Gasteiger partial charge in [-0.05, 0) is 12.1 Å². The zero-order valence-electron chi connectivity index (χ0n) is 12.1. The molecule has 0 atom stereocenters. The van der Waals surface area contributed by atoms with Gasteiger partial charge in [0.25, 0.3) is 0 Å². The van der Waals surface area contributed by atoms with Crippen LogP contribution < -0.4 is 15.0 Å². The number of ether oxygens (including phenoxy) is 2. The van der Waals surface area contributed by atoms with Crippen LogP contribution in [-0.2, 0) is 4.74 Å². The van der Waals surface area contributed by atoms with Crippen molar-refractivity contribution in [3.8, 4) is 5.75 Å². The smallest absolute Gasteiger partial charge is 0.229 e. The van der Waals surface area contributed by atoms with Crippen LogP contribution in [0.4, 0.5) is 17.5 Å². The van der Waals surface area contributed by atoms with Crippen molar-refractivity contribution in [1.29, 1.82) is 0 Å². The zero-order chi connectivity index (χ0) is 15.4. The molecule has 1 N–H and O–H groups in total. The van der Waals surface area contributed by atoms with Crippen LogP contribution in [0.3, 0.4) is 0 Å². The third-order valence-corrected chi connectivity index (χ3v) is 3.51. The van der Waals surface area contributed by atoms with Gasteiger partial charge in [0, 0.05) is 31.2 Å². The maximum Gasteiger partial charge on any atom is 0.229 e. The third kappa shape index (κ3) is 3.20. The van der Waals surface area contributed by atoms with Crippen molar-refractivity contribution in [3.63, 3.8) is 0 Å². The number of pyridine rings is 1. The summed E-state index contributed by atoms with van der Waals surface area (Å²) in [6, 6.07) is 3.67. The lowest BCUT2D eigenvalue weighted by molar-refractivity contribution is 0.122. The van der Waals surface area contributed by atoms with E-state index in [1.165, 1.54) is 7.11 Å². The van der Waals surface area contributed by atoms with Crippen molar-refractivity contribution < 1.29 is 9.47 Å². The molecular formula is C14H16ClN5O2. The highest BCUT2D eigenvalue weighted by Crippen LogP contribution is 2.33. The van der Waals surface area contributed by atoms with E-state index in [0.717, 1.165) is 18.8 Å². The number of anilines is 3. The Morgan fingerprint density at radius 2 is 1.95 bits per heavy atom. The fourth-order valence-electron chi connectivity index (χ4n) is 2.15. The number of nitrogens with zero attached hydrogens (tertiary/aromatic N) is 4. The fourth-order valence-corrected chi connectivity index (χ4v) is 2.40.